The van der Waals surface area contributed by atoms with Gasteiger partial charge in [0.15, 0.2) is 0 Å². The Hall–Kier alpha value is -0.990. The number of aliphatic imine (C=N–C) groups is 1. The lowest BCUT2D eigenvalue weighted by Crippen LogP contribution is -1.97. The Morgan fingerprint density at radius 2 is 1.87 bits per heavy atom. The summed E-state index contributed by atoms with van der Waals surface area (Å²) in [5, 5.41) is 1.20. The Bertz CT molecular complexity index is 427. The molecule has 0 aromatic heterocycles. The number of anilines is 1. The van der Waals surface area contributed by atoms with Gasteiger partial charge in [-0.2, -0.15) is 0 Å². The highest BCUT2D eigenvalue weighted by molar-refractivity contribution is 6.38. The molecular formula is C11H10Cl2N2. The lowest BCUT2D eigenvalue weighted by molar-refractivity contribution is 1.02. The lowest BCUT2D eigenvalue weighted by atomic mass is 10.0. The summed E-state index contributed by atoms with van der Waals surface area (Å²) in [6.45, 7) is 0.781. The van der Waals surface area contributed by atoms with Gasteiger partial charge in [0.25, 0.3) is 0 Å². The number of halogens is 2. The number of allylic oxidation sites excluding steroid dienone is 1. The smallest absolute Gasteiger partial charge is 0.0516 e. The summed E-state index contributed by atoms with van der Waals surface area (Å²) in [5.74, 6) is 0. The molecule has 0 aliphatic carbocycles. The monoisotopic (exact) mass is 240 g/mol. The minimum Gasteiger partial charge on any atom is -0.399 e. The average molecular weight is 241 g/mol. The lowest BCUT2D eigenvalue weighted by Gasteiger charge is -2.13. The summed E-state index contributed by atoms with van der Waals surface area (Å²) >= 11 is 12.2. The second-order valence-electron chi connectivity index (χ2n) is 3.36. The van der Waals surface area contributed by atoms with Crippen LogP contribution in [0.25, 0.3) is 5.57 Å². The van der Waals surface area contributed by atoms with Crippen LogP contribution in [0.3, 0.4) is 0 Å². The standard InChI is InChI=1S/C11H10Cl2N2/c12-9-5-8(14)6-10(13)11(9)7-1-3-15-4-2-7/h1,3,5-6H,2,4,14H2. The van der Waals surface area contributed by atoms with E-state index in [2.05, 4.69) is 4.99 Å². The minimum absolute atomic E-state index is 0.582. The minimum atomic E-state index is 0.582. The van der Waals surface area contributed by atoms with Crippen LogP contribution < -0.4 is 5.73 Å². The Kier molecular flexibility index (Phi) is 2.98. The zero-order chi connectivity index (χ0) is 10.8. The van der Waals surface area contributed by atoms with E-state index in [1.807, 2.05) is 6.08 Å². The summed E-state index contributed by atoms with van der Waals surface area (Å²) in [6.07, 6.45) is 4.58. The highest BCUT2D eigenvalue weighted by atomic mass is 35.5. The van der Waals surface area contributed by atoms with Gasteiger partial charge < -0.3 is 5.73 Å². The van der Waals surface area contributed by atoms with Gasteiger partial charge in [0.05, 0.1) is 10.0 Å². The molecule has 4 heteroatoms. The molecule has 1 heterocycles. The van der Waals surface area contributed by atoms with E-state index >= 15 is 0 Å². The predicted octanol–water partition coefficient (Wildman–Crippen LogP) is 3.43. The molecule has 15 heavy (non-hydrogen) atoms. The molecule has 1 aromatic rings. The maximum atomic E-state index is 6.12. The molecule has 1 aliphatic rings. The van der Waals surface area contributed by atoms with Crippen molar-refractivity contribution in [3.05, 3.63) is 33.8 Å². The van der Waals surface area contributed by atoms with Crippen molar-refractivity contribution in [3.63, 3.8) is 0 Å². The maximum absolute atomic E-state index is 6.12. The molecule has 0 bridgehead atoms. The number of benzene rings is 1. The largest absolute Gasteiger partial charge is 0.399 e. The van der Waals surface area contributed by atoms with Crippen LogP contribution in [0, 0.1) is 0 Å². The van der Waals surface area contributed by atoms with Crippen LogP contribution in [0.5, 0.6) is 0 Å². The van der Waals surface area contributed by atoms with E-state index in [0.717, 1.165) is 24.1 Å². The second kappa shape index (κ2) is 4.25. The number of nitrogen functional groups attached to an aromatic ring is 1. The fourth-order valence-corrected chi connectivity index (χ4v) is 2.34. The van der Waals surface area contributed by atoms with E-state index in [1.165, 1.54) is 0 Å². The van der Waals surface area contributed by atoms with Crippen LogP contribution in [0.4, 0.5) is 5.69 Å². The normalized spacial score (nSPS) is 15.2. The Balaban J connectivity index is 2.52. The van der Waals surface area contributed by atoms with Crippen LogP contribution in [-0.4, -0.2) is 12.8 Å². The number of hydrogen-bond donors (Lipinski definition) is 1. The third kappa shape index (κ3) is 2.16. The first-order chi connectivity index (χ1) is 7.18. The summed E-state index contributed by atoms with van der Waals surface area (Å²) in [5.41, 5.74) is 8.21. The fourth-order valence-electron chi connectivity index (χ4n) is 1.59. The van der Waals surface area contributed by atoms with Crippen molar-refractivity contribution < 1.29 is 0 Å². The molecule has 0 saturated carbocycles. The number of nitrogens with zero attached hydrogens (tertiary/aromatic N) is 1. The number of nitrogens with two attached hydrogens (primary N) is 1. The van der Waals surface area contributed by atoms with Gasteiger partial charge in [0.1, 0.15) is 0 Å². The van der Waals surface area contributed by atoms with E-state index in [-0.39, 0.29) is 0 Å². The van der Waals surface area contributed by atoms with Gasteiger partial charge in [-0.05, 0) is 30.2 Å². The van der Waals surface area contributed by atoms with Crippen molar-refractivity contribution in [1.82, 2.24) is 0 Å². The molecule has 1 aliphatic heterocycles. The van der Waals surface area contributed by atoms with Gasteiger partial charge >= 0.3 is 0 Å². The quantitative estimate of drug-likeness (QED) is 0.751. The number of rotatable bonds is 1. The van der Waals surface area contributed by atoms with Gasteiger partial charge in [-0.25, -0.2) is 0 Å². The predicted molar refractivity (Wildman–Crippen MR) is 66.8 cm³/mol. The molecule has 2 N–H and O–H groups in total. The van der Waals surface area contributed by atoms with Gasteiger partial charge in [-0.3, -0.25) is 4.99 Å². The molecule has 0 radical (unpaired) electrons. The third-order valence-electron chi connectivity index (χ3n) is 2.28. The Morgan fingerprint density at radius 3 is 2.40 bits per heavy atom. The molecule has 2 nitrogen and oxygen atoms in total. The first-order valence-corrected chi connectivity index (χ1v) is 5.38. The van der Waals surface area contributed by atoms with Crippen molar-refractivity contribution in [2.75, 3.05) is 12.3 Å². The molecule has 2 rings (SSSR count). The third-order valence-corrected chi connectivity index (χ3v) is 2.87. The van der Waals surface area contributed by atoms with Crippen molar-refractivity contribution in [2.24, 2.45) is 4.99 Å². The fraction of sp³-hybridized carbons (Fsp3) is 0.182. The van der Waals surface area contributed by atoms with Gasteiger partial charge in [0.2, 0.25) is 0 Å². The first kappa shape index (κ1) is 10.5. The highest BCUT2D eigenvalue weighted by Gasteiger charge is 2.12. The Labute approximate surface area is 98.4 Å². The molecule has 0 fully saturated rings. The summed E-state index contributed by atoms with van der Waals surface area (Å²) in [6, 6.07) is 3.44. The van der Waals surface area contributed by atoms with Crippen LogP contribution in [0.2, 0.25) is 10.0 Å². The molecule has 0 unspecified atom stereocenters. The molecule has 0 atom stereocenters. The molecular weight excluding hydrogens is 231 g/mol. The Morgan fingerprint density at radius 1 is 1.20 bits per heavy atom. The summed E-state index contributed by atoms with van der Waals surface area (Å²) < 4.78 is 0. The summed E-state index contributed by atoms with van der Waals surface area (Å²) in [7, 11) is 0. The number of hydrogen-bond acceptors (Lipinski definition) is 2. The van der Waals surface area contributed by atoms with Crippen molar-refractivity contribution >= 4 is 40.7 Å². The molecule has 0 amide bonds. The SMILES string of the molecule is Nc1cc(Cl)c(C2=CC=NCC2)c(Cl)c1. The van der Waals surface area contributed by atoms with Crippen LogP contribution >= 0.6 is 23.2 Å². The van der Waals surface area contributed by atoms with Crippen LogP contribution in [-0.2, 0) is 0 Å². The second-order valence-corrected chi connectivity index (χ2v) is 4.17. The topological polar surface area (TPSA) is 38.4 Å². The molecule has 78 valence electrons. The van der Waals surface area contributed by atoms with E-state index in [9.17, 15) is 0 Å². The zero-order valence-electron chi connectivity index (χ0n) is 8.00. The number of dihydropyridines is 1. The van der Waals surface area contributed by atoms with Gasteiger partial charge in [-0.1, -0.05) is 23.2 Å². The molecule has 1 aromatic carbocycles. The summed E-state index contributed by atoms with van der Waals surface area (Å²) in [4.78, 5) is 4.12. The maximum Gasteiger partial charge on any atom is 0.0516 e. The van der Waals surface area contributed by atoms with Crippen LogP contribution in [0.1, 0.15) is 12.0 Å². The zero-order valence-corrected chi connectivity index (χ0v) is 9.52. The van der Waals surface area contributed by atoms with E-state index < -0.39 is 0 Å². The van der Waals surface area contributed by atoms with Gasteiger partial charge in [0, 0.05) is 24.0 Å². The molecule has 0 spiro atoms. The van der Waals surface area contributed by atoms with Crippen LogP contribution in [0.15, 0.2) is 23.2 Å². The molecule has 0 saturated heterocycles. The van der Waals surface area contributed by atoms with E-state index in [1.54, 1.807) is 18.3 Å². The van der Waals surface area contributed by atoms with Gasteiger partial charge in [-0.15, -0.1) is 0 Å². The first-order valence-electron chi connectivity index (χ1n) is 4.62. The van der Waals surface area contributed by atoms with Crippen molar-refractivity contribution in [3.8, 4) is 0 Å². The van der Waals surface area contributed by atoms with E-state index in [0.29, 0.717) is 15.7 Å². The van der Waals surface area contributed by atoms with Crippen molar-refractivity contribution in [1.29, 1.82) is 0 Å². The highest BCUT2D eigenvalue weighted by Crippen LogP contribution is 2.35. The van der Waals surface area contributed by atoms with Crippen molar-refractivity contribution in [2.45, 2.75) is 6.42 Å². The average Bonchev–Trinajstić information content (AvgIpc) is 2.17. The van der Waals surface area contributed by atoms with E-state index in [4.69, 9.17) is 28.9 Å².